The first-order chi connectivity index (χ1) is 15.0. The Balaban J connectivity index is 1.40. The van der Waals surface area contributed by atoms with Gasteiger partial charge in [-0.3, -0.25) is 0 Å². The molecule has 2 bridgehead atoms. The molecule has 3 aliphatic rings. The van der Waals surface area contributed by atoms with Gasteiger partial charge in [-0.2, -0.15) is 0 Å². The van der Waals surface area contributed by atoms with Gasteiger partial charge in [-0.25, -0.2) is 9.59 Å². The van der Waals surface area contributed by atoms with Gasteiger partial charge in [0.1, 0.15) is 12.2 Å². The lowest BCUT2D eigenvalue weighted by atomic mass is 9.63. The van der Waals surface area contributed by atoms with Crippen LogP contribution in [0.15, 0.2) is 60.7 Å². The van der Waals surface area contributed by atoms with E-state index < -0.39 is 24.1 Å². The Labute approximate surface area is 182 Å². The van der Waals surface area contributed by atoms with Crippen LogP contribution in [0.25, 0.3) is 0 Å². The third kappa shape index (κ3) is 3.65. The van der Waals surface area contributed by atoms with Crippen molar-refractivity contribution >= 4 is 11.9 Å². The lowest BCUT2D eigenvalue weighted by Crippen LogP contribution is -2.53. The van der Waals surface area contributed by atoms with E-state index in [0.717, 1.165) is 12.8 Å². The van der Waals surface area contributed by atoms with Crippen molar-refractivity contribution in [3.63, 3.8) is 0 Å². The maximum absolute atomic E-state index is 12.8. The van der Waals surface area contributed by atoms with Gasteiger partial charge in [-0.15, -0.1) is 0 Å². The van der Waals surface area contributed by atoms with E-state index in [4.69, 9.17) is 14.2 Å². The average molecular weight is 421 g/mol. The normalized spacial score (nSPS) is 35.9. The molecule has 0 spiro atoms. The largest absolute Gasteiger partial charge is 0.452 e. The van der Waals surface area contributed by atoms with Gasteiger partial charge in [0.15, 0.2) is 12.2 Å². The fraction of sp³-hybridized carbons (Fsp3) is 0.462. The minimum atomic E-state index is -0.591. The van der Waals surface area contributed by atoms with E-state index >= 15 is 0 Å². The number of carbonyl (C=O) groups excluding carboxylic acids is 2. The van der Waals surface area contributed by atoms with Crippen LogP contribution in [0.4, 0.5) is 0 Å². The van der Waals surface area contributed by atoms with Crippen LogP contribution in [-0.2, 0) is 14.2 Å². The summed E-state index contributed by atoms with van der Waals surface area (Å²) in [6.07, 6.45) is 0.453. The molecule has 2 saturated heterocycles. The molecule has 5 nitrogen and oxygen atoms in total. The topological polar surface area (TPSA) is 61.8 Å². The molecular weight excluding hydrogens is 392 g/mol. The first-order valence-corrected chi connectivity index (χ1v) is 11.2. The van der Waals surface area contributed by atoms with Gasteiger partial charge in [-0.1, -0.05) is 50.2 Å². The van der Waals surface area contributed by atoms with E-state index in [1.54, 1.807) is 48.5 Å². The van der Waals surface area contributed by atoms with E-state index in [1.165, 1.54) is 0 Å². The van der Waals surface area contributed by atoms with Gasteiger partial charge in [0.2, 0.25) is 0 Å². The molecule has 1 saturated carbocycles. The Morgan fingerprint density at radius 1 is 0.710 bits per heavy atom. The highest BCUT2D eigenvalue weighted by Gasteiger charge is 2.64. The average Bonchev–Trinajstić information content (AvgIpc) is 3.31. The van der Waals surface area contributed by atoms with Crippen LogP contribution in [0.1, 0.15) is 47.4 Å². The zero-order valence-corrected chi connectivity index (χ0v) is 17.8. The molecule has 31 heavy (non-hydrogen) atoms. The monoisotopic (exact) mass is 420 g/mol. The van der Waals surface area contributed by atoms with E-state index in [2.05, 4.69) is 13.8 Å². The molecule has 5 heteroatoms. The molecule has 0 amide bonds. The number of benzene rings is 2. The number of ether oxygens (including phenoxy) is 3. The fourth-order valence-electron chi connectivity index (χ4n) is 5.63. The van der Waals surface area contributed by atoms with Gasteiger partial charge >= 0.3 is 11.9 Å². The van der Waals surface area contributed by atoms with Crippen LogP contribution in [-0.4, -0.2) is 36.4 Å². The zero-order chi connectivity index (χ0) is 21.5. The summed E-state index contributed by atoms with van der Waals surface area (Å²) < 4.78 is 18.3. The summed E-state index contributed by atoms with van der Waals surface area (Å²) >= 11 is 0. The first-order valence-electron chi connectivity index (χ1n) is 11.2. The van der Waals surface area contributed by atoms with Gasteiger partial charge in [0.05, 0.1) is 11.1 Å². The second-order valence-electron chi connectivity index (χ2n) is 9.29. The van der Waals surface area contributed by atoms with Crippen molar-refractivity contribution in [3.8, 4) is 0 Å². The number of hydrogen-bond acceptors (Lipinski definition) is 5. The summed E-state index contributed by atoms with van der Waals surface area (Å²) in [6.45, 7) is 4.57. The van der Waals surface area contributed by atoms with Crippen molar-refractivity contribution in [3.05, 3.63) is 71.8 Å². The van der Waals surface area contributed by atoms with E-state index in [1.807, 2.05) is 12.1 Å². The van der Waals surface area contributed by atoms with Crippen molar-refractivity contribution in [2.24, 2.45) is 23.7 Å². The Bertz CT molecular complexity index is 865. The van der Waals surface area contributed by atoms with Crippen molar-refractivity contribution in [2.75, 3.05) is 0 Å². The van der Waals surface area contributed by atoms with E-state index in [-0.39, 0.29) is 12.2 Å². The summed E-state index contributed by atoms with van der Waals surface area (Å²) in [5.41, 5.74) is 0.973. The van der Waals surface area contributed by atoms with Crippen LogP contribution in [0.5, 0.6) is 0 Å². The summed E-state index contributed by atoms with van der Waals surface area (Å²) in [5, 5.41) is 0. The van der Waals surface area contributed by atoms with E-state index in [9.17, 15) is 9.59 Å². The highest BCUT2D eigenvalue weighted by molar-refractivity contribution is 5.90. The summed E-state index contributed by atoms with van der Waals surface area (Å²) in [6, 6.07) is 17.9. The highest BCUT2D eigenvalue weighted by atomic mass is 16.6. The smallest absolute Gasteiger partial charge is 0.338 e. The molecule has 8 unspecified atom stereocenters. The minimum Gasteiger partial charge on any atom is -0.452 e. The molecule has 2 heterocycles. The minimum absolute atomic E-state index is 0.230. The van der Waals surface area contributed by atoms with Gasteiger partial charge in [-0.05, 0) is 60.8 Å². The molecule has 8 atom stereocenters. The quantitative estimate of drug-likeness (QED) is 0.681. The molecule has 2 aliphatic heterocycles. The van der Waals surface area contributed by atoms with Crippen molar-refractivity contribution in [1.29, 1.82) is 0 Å². The highest BCUT2D eigenvalue weighted by Crippen LogP contribution is 2.54. The van der Waals surface area contributed by atoms with Crippen molar-refractivity contribution in [1.82, 2.24) is 0 Å². The van der Waals surface area contributed by atoms with E-state index in [0.29, 0.717) is 34.8 Å². The second kappa shape index (κ2) is 8.12. The molecular formula is C26H28O5. The predicted octanol–water partition coefficient (Wildman–Crippen LogP) is 4.52. The molecule has 0 radical (unpaired) electrons. The predicted molar refractivity (Wildman–Crippen MR) is 114 cm³/mol. The first kappa shape index (κ1) is 20.3. The maximum atomic E-state index is 12.8. The zero-order valence-electron chi connectivity index (χ0n) is 17.8. The van der Waals surface area contributed by atoms with Crippen LogP contribution < -0.4 is 0 Å². The number of carbonyl (C=O) groups is 2. The third-order valence-electron chi connectivity index (χ3n) is 7.44. The Morgan fingerprint density at radius 2 is 1.10 bits per heavy atom. The molecule has 0 aromatic heterocycles. The number of esters is 2. The summed E-state index contributed by atoms with van der Waals surface area (Å²) in [5.74, 6) is 1.04. The SMILES string of the molecule is CC1CC2C(CC1C)C1OC2C(OC(=O)c2ccccc2)C1OC(=O)c1ccccc1. The summed E-state index contributed by atoms with van der Waals surface area (Å²) in [7, 11) is 0. The van der Waals surface area contributed by atoms with Gasteiger partial charge in [0.25, 0.3) is 0 Å². The molecule has 2 aromatic carbocycles. The van der Waals surface area contributed by atoms with Gasteiger partial charge in [0, 0.05) is 0 Å². The van der Waals surface area contributed by atoms with Crippen molar-refractivity contribution < 1.29 is 23.8 Å². The molecule has 162 valence electrons. The van der Waals surface area contributed by atoms with Crippen LogP contribution in [0, 0.1) is 23.7 Å². The molecule has 0 N–H and O–H groups in total. The number of hydrogen-bond donors (Lipinski definition) is 0. The van der Waals surface area contributed by atoms with Crippen LogP contribution in [0.2, 0.25) is 0 Å². The standard InChI is InChI=1S/C26H28O5/c1-15-13-19-20(14-16(15)2)22-24(31-26(28)18-11-7-4-8-12-18)23(21(19)29-22)30-25(27)17-9-5-3-6-10-17/h3-12,15-16,19-24H,13-14H2,1-2H3. The van der Waals surface area contributed by atoms with Crippen molar-refractivity contribution in [2.45, 2.75) is 51.1 Å². The lowest BCUT2D eigenvalue weighted by Gasteiger charge is -2.43. The fourth-order valence-corrected chi connectivity index (χ4v) is 5.63. The summed E-state index contributed by atoms with van der Waals surface area (Å²) in [4.78, 5) is 25.7. The Hall–Kier alpha value is -2.66. The molecule has 3 fully saturated rings. The second-order valence-corrected chi connectivity index (χ2v) is 9.29. The molecule has 1 aliphatic carbocycles. The van der Waals surface area contributed by atoms with Crippen LogP contribution in [0.3, 0.4) is 0 Å². The number of fused-ring (bicyclic) bond motifs is 5. The van der Waals surface area contributed by atoms with Crippen LogP contribution >= 0.6 is 0 Å². The lowest BCUT2D eigenvalue weighted by molar-refractivity contribution is -0.0687. The van der Waals surface area contributed by atoms with Gasteiger partial charge < -0.3 is 14.2 Å². The molecule has 5 rings (SSSR count). The molecule has 2 aromatic rings. The maximum Gasteiger partial charge on any atom is 0.338 e. The Morgan fingerprint density at radius 3 is 1.48 bits per heavy atom. The Kier molecular flexibility index (Phi) is 5.30. The third-order valence-corrected chi connectivity index (χ3v) is 7.44. The number of rotatable bonds is 4.